The van der Waals surface area contributed by atoms with Gasteiger partial charge < -0.3 is 15.1 Å². The molecular weight excluding hydrogens is 384 g/mol. The summed E-state index contributed by atoms with van der Waals surface area (Å²) in [4.78, 5) is 22.0. The van der Waals surface area contributed by atoms with Gasteiger partial charge in [-0.1, -0.05) is 30.3 Å². The van der Waals surface area contributed by atoms with Crippen molar-refractivity contribution in [2.24, 2.45) is 11.8 Å². The number of fused-ring (bicyclic) bond motifs is 1. The van der Waals surface area contributed by atoms with E-state index >= 15 is 0 Å². The Balaban J connectivity index is 1.22. The molecule has 5 nitrogen and oxygen atoms in total. The van der Waals surface area contributed by atoms with Crippen molar-refractivity contribution in [1.29, 1.82) is 0 Å². The largest absolute Gasteiger partial charge is 0.377 e. The molecule has 31 heavy (non-hydrogen) atoms. The third-order valence-electron chi connectivity index (χ3n) is 7.33. The molecule has 2 saturated heterocycles. The second-order valence-corrected chi connectivity index (χ2v) is 9.39. The van der Waals surface area contributed by atoms with Gasteiger partial charge in [0.25, 0.3) is 5.91 Å². The summed E-state index contributed by atoms with van der Waals surface area (Å²) in [6.07, 6.45) is 5.30. The predicted octanol–water partition coefficient (Wildman–Crippen LogP) is 3.36. The Kier molecular flexibility index (Phi) is 5.53. The van der Waals surface area contributed by atoms with Crippen LogP contribution in [0.2, 0.25) is 0 Å². The lowest BCUT2D eigenvalue weighted by molar-refractivity contribution is 0.0783. The zero-order chi connectivity index (χ0) is 21.4. The number of carbonyl (C=O) groups excluding carboxylic acids is 1. The minimum Gasteiger partial charge on any atom is -0.377 e. The van der Waals surface area contributed by atoms with E-state index in [0.717, 1.165) is 62.0 Å². The van der Waals surface area contributed by atoms with E-state index in [4.69, 9.17) is 0 Å². The molecule has 0 bridgehead atoms. The smallest absolute Gasteiger partial charge is 0.256 e. The van der Waals surface area contributed by atoms with Crippen LogP contribution >= 0.6 is 0 Å². The molecule has 2 atom stereocenters. The number of carbonyl (C=O) groups is 1. The molecule has 1 aromatic carbocycles. The average molecular weight is 417 g/mol. The maximum absolute atomic E-state index is 13.1. The molecule has 0 spiro atoms. The second-order valence-electron chi connectivity index (χ2n) is 9.39. The lowest BCUT2D eigenvalue weighted by Crippen LogP contribution is -2.45. The first-order chi connectivity index (χ1) is 15.1. The number of aryl methyl sites for hydroxylation is 2. The summed E-state index contributed by atoms with van der Waals surface area (Å²) in [6.45, 7) is 9.89. The molecule has 0 aliphatic carbocycles. The standard InChI is InChI=1S/C26H32N4O/c1-18-8-10-28-19(2)25(18)26(31)30-16-22-14-29(15-23(22)17-30)11-9-24(21-12-27-13-21)20-6-4-3-5-7-20/h3-8,10,14,21,23-24,27H,9,11-13,15-17H2,1-2H3. The Morgan fingerprint density at radius 2 is 1.97 bits per heavy atom. The summed E-state index contributed by atoms with van der Waals surface area (Å²) < 4.78 is 0. The molecule has 1 aromatic heterocycles. The van der Waals surface area contributed by atoms with Gasteiger partial charge in [0.1, 0.15) is 0 Å². The molecule has 3 aliphatic rings. The second kappa shape index (κ2) is 8.46. The molecule has 1 amide bonds. The number of pyridine rings is 1. The van der Waals surface area contributed by atoms with Crippen molar-refractivity contribution in [1.82, 2.24) is 20.1 Å². The van der Waals surface area contributed by atoms with Gasteiger partial charge in [-0.15, -0.1) is 0 Å². The first-order valence-electron chi connectivity index (χ1n) is 11.5. The fourth-order valence-corrected chi connectivity index (χ4v) is 5.45. The van der Waals surface area contributed by atoms with Gasteiger partial charge in [0.2, 0.25) is 0 Å². The van der Waals surface area contributed by atoms with E-state index in [2.05, 4.69) is 51.7 Å². The van der Waals surface area contributed by atoms with Crippen molar-refractivity contribution >= 4 is 5.91 Å². The summed E-state index contributed by atoms with van der Waals surface area (Å²) in [5, 5.41) is 3.44. The first kappa shape index (κ1) is 20.3. The zero-order valence-corrected chi connectivity index (χ0v) is 18.6. The molecule has 4 heterocycles. The Bertz CT molecular complexity index is 962. The Hall–Kier alpha value is -2.66. The van der Waals surface area contributed by atoms with Gasteiger partial charge in [0, 0.05) is 44.5 Å². The van der Waals surface area contributed by atoms with Gasteiger partial charge in [-0.25, -0.2) is 0 Å². The van der Waals surface area contributed by atoms with Crippen molar-refractivity contribution < 1.29 is 4.79 Å². The van der Waals surface area contributed by atoms with E-state index < -0.39 is 0 Å². The number of hydrogen-bond donors (Lipinski definition) is 1. The summed E-state index contributed by atoms with van der Waals surface area (Å²) >= 11 is 0. The molecule has 1 N–H and O–H groups in total. The molecular formula is C26H32N4O. The number of hydrogen-bond acceptors (Lipinski definition) is 4. The molecule has 2 aromatic rings. The molecule has 2 fully saturated rings. The quantitative estimate of drug-likeness (QED) is 0.785. The van der Waals surface area contributed by atoms with E-state index in [-0.39, 0.29) is 5.91 Å². The van der Waals surface area contributed by atoms with Crippen molar-refractivity contribution in [3.05, 3.63) is 76.8 Å². The van der Waals surface area contributed by atoms with Crippen LogP contribution in [0.4, 0.5) is 0 Å². The fraction of sp³-hybridized carbons (Fsp3) is 0.462. The third-order valence-corrected chi connectivity index (χ3v) is 7.33. The number of likely N-dealkylation sites (tertiary alicyclic amines) is 1. The number of nitrogens with one attached hydrogen (secondary N) is 1. The van der Waals surface area contributed by atoms with Gasteiger partial charge in [-0.3, -0.25) is 9.78 Å². The lowest BCUT2D eigenvalue weighted by atomic mass is 9.80. The van der Waals surface area contributed by atoms with Gasteiger partial charge in [0.15, 0.2) is 0 Å². The fourth-order valence-electron chi connectivity index (χ4n) is 5.45. The van der Waals surface area contributed by atoms with Crippen LogP contribution in [0, 0.1) is 25.7 Å². The molecule has 162 valence electrons. The average Bonchev–Trinajstić information content (AvgIpc) is 3.29. The Morgan fingerprint density at radius 1 is 1.16 bits per heavy atom. The highest BCUT2D eigenvalue weighted by Gasteiger charge is 2.37. The molecule has 0 saturated carbocycles. The Morgan fingerprint density at radius 3 is 2.65 bits per heavy atom. The topological polar surface area (TPSA) is 48.5 Å². The number of amides is 1. The van der Waals surface area contributed by atoms with Gasteiger partial charge in [-0.2, -0.15) is 0 Å². The number of benzene rings is 1. The lowest BCUT2D eigenvalue weighted by Gasteiger charge is -2.36. The van der Waals surface area contributed by atoms with E-state index in [9.17, 15) is 4.79 Å². The minimum absolute atomic E-state index is 0.131. The third kappa shape index (κ3) is 3.99. The first-order valence-corrected chi connectivity index (χ1v) is 11.5. The molecule has 2 unspecified atom stereocenters. The molecule has 3 aliphatic heterocycles. The SMILES string of the molecule is Cc1ccnc(C)c1C(=O)N1CC2=CN(CCC(c3ccccc3)C3CNC3)CC2C1. The molecule has 0 radical (unpaired) electrons. The number of nitrogens with zero attached hydrogens (tertiary/aromatic N) is 3. The van der Waals surface area contributed by atoms with Gasteiger partial charge in [-0.05, 0) is 68.0 Å². The van der Waals surface area contributed by atoms with E-state index in [1.54, 1.807) is 6.20 Å². The maximum Gasteiger partial charge on any atom is 0.256 e. The monoisotopic (exact) mass is 416 g/mol. The minimum atomic E-state index is 0.131. The number of rotatable bonds is 6. The highest BCUT2D eigenvalue weighted by molar-refractivity contribution is 5.97. The van der Waals surface area contributed by atoms with Crippen LogP contribution in [-0.2, 0) is 0 Å². The van der Waals surface area contributed by atoms with Gasteiger partial charge in [0.05, 0.1) is 11.3 Å². The summed E-state index contributed by atoms with van der Waals surface area (Å²) in [5.74, 6) is 1.97. The van der Waals surface area contributed by atoms with Gasteiger partial charge >= 0.3 is 0 Å². The van der Waals surface area contributed by atoms with Crippen LogP contribution in [-0.4, -0.2) is 60.0 Å². The van der Waals surface area contributed by atoms with Crippen LogP contribution in [0.3, 0.4) is 0 Å². The normalized spacial score (nSPS) is 21.6. The van der Waals surface area contributed by atoms with E-state index in [0.29, 0.717) is 11.8 Å². The summed E-state index contributed by atoms with van der Waals surface area (Å²) in [5.41, 5.74) is 5.51. The highest BCUT2D eigenvalue weighted by Crippen LogP contribution is 2.34. The zero-order valence-electron chi connectivity index (χ0n) is 18.6. The predicted molar refractivity (Wildman–Crippen MR) is 123 cm³/mol. The van der Waals surface area contributed by atoms with E-state index in [1.807, 2.05) is 24.8 Å². The van der Waals surface area contributed by atoms with E-state index in [1.165, 1.54) is 17.6 Å². The Labute approximate surface area is 185 Å². The molecule has 5 heteroatoms. The van der Waals surface area contributed by atoms with Crippen LogP contribution in [0.5, 0.6) is 0 Å². The van der Waals surface area contributed by atoms with Crippen LogP contribution in [0.15, 0.2) is 54.4 Å². The summed E-state index contributed by atoms with van der Waals surface area (Å²) in [6, 6.07) is 12.9. The maximum atomic E-state index is 13.1. The highest BCUT2D eigenvalue weighted by atomic mass is 16.2. The van der Waals surface area contributed by atoms with Crippen molar-refractivity contribution in [3.8, 4) is 0 Å². The summed E-state index contributed by atoms with van der Waals surface area (Å²) in [7, 11) is 0. The van der Waals surface area contributed by atoms with Crippen molar-refractivity contribution in [3.63, 3.8) is 0 Å². The van der Waals surface area contributed by atoms with Crippen LogP contribution in [0.25, 0.3) is 0 Å². The van der Waals surface area contributed by atoms with Crippen LogP contribution in [0.1, 0.15) is 39.5 Å². The van der Waals surface area contributed by atoms with Crippen molar-refractivity contribution in [2.75, 3.05) is 39.3 Å². The molecule has 5 rings (SSSR count). The van der Waals surface area contributed by atoms with Crippen molar-refractivity contribution in [2.45, 2.75) is 26.2 Å². The number of aromatic nitrogens is 1. The van der Waals surface area contributed by atoms with Crippen LogP contribution < -0.4 is 5.32 Å².